The third-order valence-corrected chi connectivity index (χ3v) is 2.65. The third kappa shape index (κ3) is 2.94. The van der Waals surface area contributed by atoms with Gasteiger partial charge in [0.25, 0.3) is 0 Å². The molecule has 1 aromatic rings. The molecule has 1 fully saturated rings. The topological polar surface area (TPSA) is 58.6 Å². The molecule has 0 radical (unpaired) electrons. The van der Waals surface area contributed by atoms with Crippen LogP contribution in [0.2, 0.25) is 0 Å². The summed E-state index contributed by atoms with van der Waals surface area (Å²) in [5.74, 6) is -1.26. The van der Waals surface area contributed by atoms with E-state index < -0.39 is 17.8 Å². The van der Waals surface area contributed by atoms with Gasteiger partial charge < -0.3 is 9.84 Å². The number of aromatic hydroxyl groups is 1. The van der Waals surface area contributed by atoms with Gasteiger partial charge in [0.05, 0.1) is 7.11 Å². The SMILES string of the molecule is COC(=O)C(NC1CC1)c1cc(O)cc(F)c1. The average Bonchev–Trinajstić information content (AvgIpc) is 3.07. The predicted molar refractivity (Wildman–Crippen MR) is 59.0 cm³/mol. The molecule has 2 rings (SSSR count). The maximum atomic E-state index is 13.2. The van der Waals surface area contributed by atoms with Crippen molar-refractivity contribution in [3.05, 3.63) is 29.6 Å². The zero-order valence-electron chi connectivity index (χ0n) is 9.44. The van der Waals surface area contributed by atoms with Crippen LogP contribution in [0.15, 0.2) is 18.2 Å². The number of phenolic OH excluding ortho intramolecular Hbond substituents is 1. The van der Waals surface area contributed by atoms with Crippen LogP contribution in [0.25, 0.3) is 0 Å². The summed E-state index contributed by atoms with van der Waals surface area (Å²) < 4.78 is 17.8. The molecule has 17 heavy (non-hydrogen) atoms. The fourth-order valence-electron chi connectivity index (χ4n) is 1.67. The first-order valence-electron chi connectivity index (χ1n) is 5.43. The van der Waals surface area contributed by atoms with E-state index in [2.05, 4.69) is 10.1 Å². The Morgan fingerprint density at radius 3 is 2.76 bits per heavy atom. The Balaban J connectivity index is 2.26. The highest BCUT2D eigenvalue weighted by atomic mass is 19.1. The molecular weight excluding hydrogens is 225 g/mol. The van der Waals surface area contributed by atoms with Gasteiger partial charge in [-0.3, -0.25) is 5.32 Å². The maximum absolute atomic E-state index is 13.2. The second kappa shape index (κ2) is 4.71. The molecule has 92 valence electrons. The fourth-order valence-corrected chi connectivity index (χ4v) is 1.67. The van der Waals surface area contributed by atoms with E-state index in [1.165, 1.54) is 19.2 Å². The van der Waals surface area contributed by atoms with Crippen molar-refractivity contribution in [1.82, 2.24) is 5.32 Å². The lowest BCUT2D eigenvalue weighted by Gasteiger charge is -2.16. The van der Waals surface area contributed by atoms with Crippen molar-refractivity contribution in [3.63, 3.8) is 0 Å². The molecule has 1 aromatic carbocycles. The Morgan fingerprint density at radius 1 is 1.53 bits per heavy atom. The van der Waals surface area contributed by atoms with Crippen LogP contribution in [0.5, 0.6) is 5.75 Å². The molecule has 1 aliphatic carbocycles. The van der Waals surface area contributed by atoms with Crippen molar-refractivity contribution in [1.29, 1.82) is 0 Å². The standard InChI is InChI=1S/C12H14FNO3/c1-17-12(16)11(14-9-2-3-9)7-4-8(13)6-10(15)5-7/h4-6,9,11,14-15H,2-3H2,1H3. The number of hydrogen-bond donors (Lipinski definition) is 2. The van der Waals surface area contributed by atoms with Gasteiger partial charge in [-0.15, -0.1) is 0 Å². The van der Waals surface area contributed by atoms with Gasteiger partial charge in [-0.05, 0) is 30.5 Å². The third-order valence-electron chi connectivity index (χ3n) is 2.65. The number of nitrogens with one attached hydrogen (secondary N) is 1. The number of benzene rings is 1. The molecule has 0 saturated heterocycles. The maximum Gasteiger partial charge on any atom is 0.327 e. The lowest BCUT2D eigenvalue weighted by Crippen LogP contribution is -2.31. The summed E-state index contributed by atoms with van der Waals surface area (Å²) in [6.45, 7) is 0. The largest absolute Gasteiger partial charge is 0.508 e. The van der Waals surface area contributed by atoms with E-state index in [1.54, 1.807) is 0 Å². The number of phenols is 1. The number of carbonyl (C=O) groups excluding carboxylic acids is 1. The second-order valence-electron chi connectivity index (χ2n) is 4.14. The highest BCUT2D eigenvalue weighted by Crippen LogP contribution is 2.27. The molecule has 1 unspecified atom stereocenters. The molecular formula is C12H14FNO3. The van der Waals surface area contributed by atoms with Gasteiger partial charge >= 0.3 is 5.97 Å². The summed E-state index contributed by atoms with van der Waals surface area (Å²) >= 11 is 0. The zero-order chi connectivity index (χ0) is 12.4. The monoisotopic (exact) mass is 239 g/mol. The summed E-state index contributed by atoms with van der Waals surface area (Å²) in [4.78, 5) is 11.6. The number of carbonyl (C=O) groups is 1. The molecule has 0 heterocycles. The number of hydrogen-bond acceptors (Lipinski definition) is 4. The first-order valence-corrected chi connectivity index (χ1v) is 5.43. The van der Waals surface area contributed by atoms with Gasteiger partial charge in [-0.1, -0.05) is 0 Å². The molecule has 2 N–H and O–H groups in total. The zero-order valence-corrected chi connectivity index (χ0v) is 9.44. The summed E-state index contributed by atoms with van der Waals surface area (Å²) in [6, 6.07) is 3.12. The Morgan fingerprint density at radius 2 is 2.24 bits per heavy atom. The molecule has 4 nitrogen and oxygen atoms in total. The van der Waals surface area contributed by atoms with Gasteiger partial charge in [-0.25, -0.2) is 9.18 Å². The van der Waals surface area contributed by atoms with Gasteiger partial charge in [0.15, 0.2) is 0 Å². The van der Waals surface area contributed by atoms with E-state index in [-0.39, 0.29) is 11.8 Å². The van der Waals surface area contributed by atoms with Crippen molar-refractivity contribution >= 4 is 5.97 Å². The van der Waals surface area contributed by atoms with Crippen LogP contribution in [0.4, 0.5) is 4.39 Å². The lowest BCUT2D eigenvalue weighted by atomic mass is 10.1. The predicted octanol–water partition coefficient (Wildman–Crippen LogP) is 1.50. The second-order valence-corrected chi connectivity index (χ2v) is 4.14. The smallest absolute Gasteiger partial charge is 0.327 e. The number of esters is 1. The van der Waals surface area contributed by atoms with Crippen LogP contribution in [0, 0.1) is 5.82 Å². The number of rotatable bonds is 4. The van der Waals surface area contributed by atoms with E-state index in [0.29, 0.717) is 5.56 Å². The number of methoxy groups -OCH3 is 1. The van der Waals surface area contributed by atoms with Gasteiger partial charge in [-0.2, -0.15) is 0 Å². The van der Waals surface area contributed by atoms with Crippen LogP contribution < -0.4 is 5.32 Å². The molecule has 1 saturated carbocycles. The van der Waals surface area contributed by atoms with Crippen molar-refractivity contribution < 1.29 is 19.0 Å². The highest BCUT2D eigenvalue weighted by molar-refractivity contribution is 5.77. The van der Waals surface area contributed by atoms with Gasteiger partial charge in [0.1, 0.15) is 17.6 Å². The van der Waals surface area contributed by atoms with E-state index >= 15 is 0 Å². The molecule has 5 heteroatoms. The molecule has 0 amide bonds. The van der Waals surface area contributed by atoms with Crippen molar-refractivity contribution in [3.8, 4) is 5.75 Å². The summed E-state index contributed by atoms with van der Waals surface area (Å²) in [6.07, 6.45) is 1.99. The molecule has 0 aliphatic heterocycles. The summed E-state index contributed by atoms with van der Waals surface area (Å²) in [7, 11) is 1.28. The van der Waals surface area contributed by atoms with Crippen LogP contribution in [0.3, 0.4) is 0 Å². The first-order chi connectivity index (χ1) is 8.10. The van der Waals surface area contributed by atoms with Crippen LogP contribution in [-0.2, 0) is 9.53 Å². The lowest BCUT2D eigenvalue weighted by molar-refractivity contribution is -0.143. The summed E-state index contributed by atoms with van der Waals surface area (Å²) in [5, 5.41) is 12.4. The van der Waals surface area contributed by atoms with Crippen LogP contribution >= 0.6 is 0 Å². The van der Waals surface area contributed by atoms with Crippen LogP contribution in [0.1, 0.15) is 24.4 Å². The molecule has 0 aromatic heterocycles. The Labute approximate surface area is 98.4 Å². The minimum atomic E-state index is -0.728. The summed E-state index contributed by atoms with van der Waals surface area (Å²) in [5.41, 5.74) is 0.376. The minimum Gasteiger partial charge on any atom is -0.508 e. The minimum absolute atomic E-state index is 0.202. The van der Waals surface area contributed by atoms with Gasteiger partial charge in [0, 0.05) is 12.1 Å². The highest BCUT2D eigenvalue weighted by Gasteiger charge is 2.30. The van der Waals surface area contributed by atoms with Crippen molar-refractivity contribution in [2.45, 2.75) is 24.9 Å². The van der Waals surface area contributed by atoms with Crippen molar-refractivity contribution in [2.24, 2.45) is 0 Å². The van der Waals surface area contributed by atoms with Crippen LogP contribution in [-0.4, -0.2) is 24.2 Å². The number of halogens is 1. The molecule has 0 spiro atoms. The fraction of sp³-hybridized carbons (Fsp3) is 0.417. The average molecular weight is 239 g/mol. The Hall–Kier alpha value is -1.62. The normalized spacial score (nSPS) is 16.6. The molecule has 0 bridgehead atoms. The van der Waals surface area contributed by atoms with Gasteiger partial charge in [0.2, 0.25) is 0 Å². The van der Waals surface area contributed by atoms with E-state index in [0.717, 1.165) is 18.9 Å². The molecule has 1 aliphatic rings. The quantitative estimate of drug-likeness (QED) is 0.782. The Kier molecular flexibility index (Phi) is 3.28. The van der Waals surface area contributed by atoms with E-state index in [1.807, 2.05) is 0 Å². The van der Waals surface area contributed by atoms with Crippen molar-refractivity contribution in [2.75, 3.05) is 7.11 Å². The Bertz CT molecular complexity index is 412. The van der Waals surface area contributed by atoms with E-state index in [4.69, 9.17) is 0 Å². The van der Waals surface area contributed by atoms with E-state index in [9.17, 15) is 14.3 Å². The molecule has 1 atom stereocenters. The number of ether oxygens (including phenoxy) is 1. The first kappa shape index (κ1) is 11.9.